The molecule has 2 N–H and O–H groups in total. The van der Waals surface area contributed by atoms with E-state index in [2.05, 4.69) is 10.6 Å². The number of piperazine rings is 1. The molecule has 1 fully saturated rings. The Morgan fingerprint density at radius 1 is 1.18 bits per heavy atom. The highest BCUT2D eigenvalue weighted by Gasteiger charge is 2.43. The van der Waals surface area contributed by atoms with Crippen molar-refractivity contribution in [1.82, 2.24) is 20.1 Å². The first kappa shape index (κ1) is 22.2. The minimum atomic E-state index is -4.42. The van der Waals surface area contributed by atoms with Gasteiger partial charge in [0, 0.05) is 50.4 Å². The van der Waals surface area contributed by atoms with Gasteiger partial charge in [-0.3, -0.25) is 14.5 Å². The van der Waals surface area contributed by atoms with Gasteiger partial charge in [-0.15, -0.1) is 12.4 Å². The molecule has 6 nitrogen and oxygen atoms in total. The molecule has 2 heterocycles. The van der Waals surface area contributed by atoms with Gasteiger partial charge >= 0.3 is 6.18 Å². The lowest BCUT2D eigenvalue weighted by Crippen LogP contribution is -2.57. The maximum absolute atomic E-state index is 13.4. The van der Waals surface area contributed by atoms with E-state index in [0.717, 1.165) is 0 Å². The molecular weight excluding hydrogens is 397 g/mol. The van der Waals surface area contributed by atoms with Crippen LogP contribution >= 0.6 is 12.4 Å². The summed E-state index contributed by atoms with van der Waals surface area (Å²) in [6.45, 7) is 0.885. The number of carbonyl (C=O) groups excluding carboxylic acids is 1. The summed E-state index contributed by atoms with van der Waals surface area (Å²) in [4.78, 5) is 25.5. The lowest BCUT2D eigenvalue weighted by Gasteiger charge is -2.35. The summed E-state index contributed by atoms with van der Waals surface area (Å²) in [6, 6.07) is 6.43. The number of carbonyl (C=O) groups is 1. The highest BCUT2D eigenvalue weighted by molar-refractivity contribution is 5.85. The highest BCUT2D eigenvalue weighted by atomic mass is 35.5. The number of hydrogen-bond acceptors (Lipinski definition) is 4. The van der Waals surface area contributed by atoms with Gasteiger partial charge in [-0.1, -0.05) is 12.1 Å². The van der Waals surface area contributed by atoms with Crippen LogP contribution in [0.2, 0.25) is 0 Å². The van der Waals surface area contributed by atoms with Gasteiger partial charge in [0.1, 0.15) is 12.6 Å². The van der Waals surface area contributed by atoms with Crippen molar-refractivity contribution in [2.45, 2.75) is 18.8 Å². The third-order valence-corrected chi connectivity index (χ3v) is 4.66. The molecule has 1 aliphatic rings. The van der Waals surface area contributed by atoms with Crippen molar-refractivity contribution in [3.63, 3.8) is 0 Å². The summed E-state index contributed by atoms with van der Waals surface area (Å²) >= 11 is 0. The van der Waals surface area contributed by atoms with Crippen molar-refractivity contribution in [3.8, 4) is 0 Å². The Morgan fingerprint density at radius 3 is 2.54 bits per heavy atom. The van der Waals surface area contributed by atoms with E-state index in [9.17, 15) is 22.8 Å². The van der Waals surface area contributed by atoms with Crippen LogP contribution in [0.4, 0.5) is 13.2 Å². The monoisotopic (exact) mass is 418 g/mol. The van der Waals surface area contributed by atoms with Crippen LogP contribution in [0.1, 0.15) is 0 Å². The van der Waals surface area contributed by atoms with E-state index in [-0.39, 0.29) is 37.5 Å². The van der Waals surface area contributed by atoms with Crippen molar-refractivity contribution in [3.05, 3.63) is 46.8 Å². The molecule has 10 heteroatoms. The zero-order valence-corrected chi connectivity index (χ0v) is 15.9. The van der Waals surface area contributed by atoms with Crippen LogP contribution in [0.5, 0.6) is 0 Å². The van der Waals surface area contributed by atoms with Crippen molar-refractivity contribution in [1.29, 1.82) is 0 Å². The number of fused-ring (bicyclic) bond motifs is 1. The number of benzene rings is 1. The van der Waals surface area contributed by atoms with Crippen LogP contribution in [0.3, 0.4) is 0 Å². The normalized spacial score (nSPS) is 16.4. The summed E-state index contributed by atoms with van der Waals surface area (Å²) in [5, 5.41) is 5.87. The number of aromatic nitrogens is 1. The molecule has 1 aromatic heterocycles. The molecule has 0 aliphatic carbocycles. The molecule has 1 aliphatic heterocycles. The second-order valence-electron chi connectivity index (χ2n) is 6.47. The van der Waals surface area contributed by atoms with E-state index in [1.54, 1.807) is 28.8 Å². The average molecular weight is 419 g/mol. The molecule has 154 valence electrons. The minimum absolute atomic E-state index is 0. The second-order valence-corrected chi connectivity index (χ2v) is 6.47. The molecular formula is C18H22ClF3N4O2. The first-order valence-corrected chi connectivity index (χ1v) is 8.72. The molecule has 1 saturated heterocycles. The quantitative estimate of drug-likeness (QED) is 0.770. The Labute approximate surface area is 166 Å². The Hall–Kier alpha value is -2.10. The lowest BCUT2D eigenvalue weighted by molar-refractivity contribution is -0.184. The molecule has 1 aromatic carbocycles. The standard InChI is InChI=1S/C18H21F3N4O2.ClH/c19-18(20,21)16(24-9-6-22-7-10-24)11-23-17(27)12-25-8-5-15(26)13-3-1-2-4-14(13)25;/h1-5,8,16,22H,6-7,9-12H2,(H,23,27);1H. The van der Waals surface area contributed by atoms with Crippen LogP contribution in [-0.4, -0.2) is 60.3 Å². The second kappa shape index (κ2) is 9.40. The Kier molecular flexibility index (Phi) is 7.45. The van der Waals surface area contributed by atoms with Crippen LogP contribution in [0, 0.1) is 0 Å². The Morgan fingerprint density at radius 2 is 1.86 bits per heavy atom. The summed E-state index contributed by atoms with van der Waals surface area (Å²) in [7, 11) is 0. The third kappa shape index (κ3) is 5.24. The van der Waals surface area contributed by atoms with E-state index in [4.69, 9.17) is 0 Å². The summed E-state index contributed by atoms with van der Waals surface area (Å²) in [5.74, 6) is -0.534. The average Bonchev–Trinajstić information content (AvgIpc) is 2.64. The predicted octanol–water partition coefficient (Wildman–Crippen LogP) is 1.38. The number of pyridine rings is 1. The smallest absolute Gasteiger partial charge is 0.353 e. The molecule has 2 aromatic rings. The van der Waals surface area contributed by atoms with Crippen molar-refractivity contribution in [2.75, 3.05) is 32.7 Å². The van der Waals surface area contributed by atoms with E-state index < -0.39 is 24.7 Å². The van der Waals surface area contributed by atoms with Gasteiger partial charge < -0.3 is 15.2 Å². The largest absolute Gasteiger partial charge is 0.405 e. The fourth-order valence-electron chi connectivity index (χ4n) is 3.26. The number of halogens is 4. The van der Waals surface area contributed by atoms with E-state index >= 15 is 0 Å². The van der Waals surface area contributed by atoms with E-state index in [1.807, 2.05) is 0 Å². The topological polar surface area (TPSA) is 66.4 Å². The maximum Gasteiger partial charge on any atom is 0.405 e. The highest BCUT2D eigenvalue weighted by Crippen LogP contribution is 2.24. The number of hydrogen-bond donors (Lipinski definition) is 2. The number of para-hydroxylation sites is 1. The SMILES string of the molecule is Cl.O=C(Cn1ccc(=O)c2ccccc21)NCC(N1CCNCC1)C(F)(F)F. The third-order valence-electron chi connectivity index (χ3n) is 4.66. The molecule has 1 unspecified atom stereocenters. The van der Waals surface area contributed by atoms with Gasteiger partial charge in [-0.25, -0.2) is 0 Å². The first-order valence-electron chi connectivity index (χ1n) is 8.72. The van der Waals surface area contributed by atoms with Crippen molar-refractivity contribution < 1.29 is 18.0 Å². The van der Waals surface area contributed by atoms with Crippen LogP contribution < -0.4 is 16.1 Å². The minimum Gasteiger partial charge on any atom is -0.353 e. The predicted molar refractivity (Wildman–Crippen MR) is 103 cm³/mol. The molecule has 0 radical (unpaired) electrons. The number of amides is 1. The van der Waals surface area contributed by atoms with Crippen LogP contribution in [0.25, 0.3) is 10.9 Å². The first-order chi connectivity index (χ1) is 12.9. The molecule has 0 spiro atoms. The van der Waals surface area contributed by atoms with Gasteiger partial charge in [0.2, 0.25) is 5.91 Å². The molecule has 1 atom stereocenters. The molecule has 1 amide bonds. The maximum atomic E-state index is 13.4. The molecule has 28 heavy (non-hydrogen) atoms. The van der Waals surface area contributed by atoms with Gasteiger partial charge in [-0.05, 0) is 12.1 Å². The molecule has 3 rings (SSSR count). The van der Waals surface area contributed by atoms with Crippen LogP contribution in [0.15, 0.2) is 41.3 Å². The van der Waals surface area contributed by atoms with Gasteiger partial charge in [0.15, 0.2) is 5.43 Å². The number of alkyl halides is 3. The zero-order valence-electron chi connectivity index (χ0n) is 15.0. The Balaban J connectivity index is 0.00000280. The van der Waals surface area contributed by atoms with Gasteiger partial charge in [0.25, 0.3) is 0 Å². The lowest BCUT2D eigenvalue weighted by atomic mass is 10.2. The fourth-order valence-corrected chi connectivity index (χ4v) is 3.26. The zero-order chi connectivity index (χ0) is 19.4. The van der Waals surface area contributed by atoms with Crippen LogP contribution in [-0.2, 0) is 11.3 Å². The van der Waals surface area contributed by atoms with Gasteiger partial charge in [-0.2, -0.15) is 13.2 Å². The van der Waals surface area contributed by atoms with E-state index in [0.29, 0.717) is 24.0 Å². The number of rotatable bonds is 5. The fraction of sp³-hybridized carbons (Fsp3) is 0.444. The summed E-state index contributed by atoms with van der Waals surface area (Å²) < 4.78 is 41.7. The summed E-state index contributed by atoms with van der Waals surface area (Å²) in [5.41, 5.74) is 0.396. The Bertz CT molecular complexity index is 866. The van der Waals surface area contributed by atoms with Gasteiger partial charge in [0.05, 0.1) is 5.52 Å². The summed E-state index contributed by atoms with van der Waals surface area (Å²) in [6.07, 6.45) is -2.95. The van der Waals surface area contributed by atoms with E-state index in [1.165, 1.54) is 17.2 Å². The number of nitrogens with one attached hydrogen (secondary N) is 2. The molecule has 0 bridgehead atoms. The number of nitrogens with zero attached hydrogens (tertiary/aromatic N) is 2. The molecule has 0 saturated carbocycles. The van der Waals surface area contributed by atoms with Crippen molar-refractivity contribution >= 4 is 29.2 Å². The van der Waals surface area contributed by atoms with Crippen molar-refractivity contribution in [2.24, 2.45) is 0 Å².